The second kappa shape index (κ2) is 9.14. The molecule has 0 aliphatic carbocycles. The van der Waals surface area contributed by atoms with Crippen molar-refractivity contribution in [3.63, 3.8) is 0 Å². The molecule has 1 amide bonds. The van der Waals surface area contributed by atoms with Crippen LogP contribution in [0, 0.1) is 6.92 Å². The lowest BCUT2D eigenvalue weighted by Crippen LogP contribution is -2.36. The van der Waals surface area contributed by atoms with Crippen molar-refractivity contribution in [1.82, 2.24) is 14.8 Å². The summed E-state index contributed by atoms with van der Waals surface area (Å²) in [6.45, 7) is 5.36. The number of hydrogen-bond donors (Lipinski definition) is 1. The molecule has 3 rings (SSSR count). The summed E-state index contributed by atoms with van der Waals surface area (Å²) in [4.78, 5) is 26.5. The molecule has 140 valence electrons. The molecule has 0 saturated carbocycles. The predicted octanol–water partition coefficient (Wildman–Crippen LogP) is 2.95. The van der Waals surface area contributed by atoms with Crippen molar-refractivity contribution < 1.29 is 4.79 Å². The summed E-state index contributed by atoms with van der Waals surface area (Å²) >= 11 is 1.22. The number of nitrogens with one attached hydrogen (secondary N) is 1. The molecule has 1 N–H and O–H groups in total. The maximum Gasteiger partial charge on any atom is 0.307 e. The second-order valence-electron chi connectivity index (χ2n) is 6.87. The molecule has 0 unspecified atom stereocenters. The van der Waals surface area contributed by atoms with Gasteiger partial charge in [-0.2, -0.15) is 0 Å². The Morgan fingerprint density at radius 2 is 1.96 bits per heavy atom. The molecule has 1 fully saturated rings. The van der Waals surface area contributed by atoms with Crippen LogP contribution in [0.25, 0.3) is 0 Å². The van der Waals surface area contributed by atoms with E-state index in [0.717, 1.165) is 18.8 Å². The Kier molecular flexibility index (Phi) is 6.63. The summed E-state index contributed by atoms with van der Waals surface area (Å²) in [5.74, 6) is 0.0612. The number of benzene rings is 1. The van der Waals surface area contributed by atoms with Crippen molar-refractivity contribution in [2.45, 2.75) is 45.2 Å². The number of nitrogens with zero attached hydrogens (tertiary/aromatic N) is 2. The van der Waals surface area contributed by atoms with Crippen LogP contribution < -0.4 is 10.2 Å². The zero-order valence-electron chi connectivity index (χ0n) is 15.3. The summed E-state index contributed by atoms with van der Waals surface area (Å²) in [5.41, 5.74) is 2.23. The first-order chi connectivity index (χ1) is 12.6. The van der Waals surface area contributed by atoms with E-state index in [-0.39, 0.29) is 16.8 Å². The minimum Gasteiger partial charge on any atom is -0.354 e. The fourth-order valence-corrected chi connectivity index (χ4v) is 4.32. The molecule has 6 heteroatoms. The molecule has 2 heterocycles. The first-order valence-corrected chi connectivity index (χ1v) is 10.2. The number of aromatic nitrogens is 1. The lowest BCUT2D eigenvalue weighted by molar-refractivity contribution is -0.121. The van der Waals surface area contributed by atoms with E-state index in [9.17, 15) is 9.59 Å². The van der Waals surface area contributed by atoms with E-state index in [0.29, 0.717) is 25.9 Å². The molecule has 1 aliphatic heterocycles. The average Bonchev–Trinajstić information content (AvgIpc) is 3.28. The van der Waals surface area contributed by atoms with Gasteiger partial charge in [0.2, 0.25) is 5.91 Å². The number of carbonyl (C=O) groups is 1. The predicted molar refractivity (Wildman–Crippen MR) is 106 cm³/mol. The molecule has 1 aliphatic rings. The van der Waals surface area contributed by atoms with Crippen molar-refractivity contribution in [3.05, 3.63) is 56.6 Å². The minimum absolute atomic E-state index is 0.0566. The van der Waals surface area contributed by atoms with Crippen LogP contribution in [0.15, 0.2) is 40.5 Å². The fraction of sp³-hybridized carbons (Fsp3) is 0.500. The highest BCUT2D eigenvalue weighted by atomic mass is 32.1. The molecular weight excluding hydrogens is 346 g/mol. The van der Waals surface area contributed by atoms with Gasteiger partial charge in [-0.1, -0.05) is 41.7 Å². The summed E-state index contributed by atoms with van der Waals surface area (Å²) in [6, 6.07) is 10.7. The maximum atomic E-state index is 12.3. The lowest BCUT2D eigenvalue weighted by Gasteiger charge is -2.28. The van der Waals surface area contributed by atoms with Crippen molar-refractivity contribution in [2.24, 2.45) is 0 Å². The quantitative estimate of drug-likeness (QED) is 0.774. The Balaban J connectivity index is 1.50. The highest BCUT2D eigenvalue weighted by Gasteiger charge is 2.23. The summed E-state index contributed by atoms with van der Waals surface area (Å²) < 4.78 is 1.74. The normalized spacial score (nSPS) is 15.9. The molecule has 1 atom stereocenters. The van der Waals surface area contributed by atoms with Crippen LogP contribution in [0.4, 0.5) is 0 Å². The highest BCUT2D eigenvalue weighted by Crippen LogP contribution is 2.24. The number of rotatable bonds is 8. The zero-order valence-corrected chi connectivity index (χ0v) is 16.1. The molecular formula is C20H27N3O2S. The Morgan fingerprint density at radius 1 is 1.23 bits per heavy atom. The van der Waals surface area contributed by atoms with Gasteiger partial charge < -0.3 is 9.88 Å². The number of likely N-dealkylation sites (tertiary alicyclic amines) is 1. The fourth-order valence-electron chi connectivity index (χ4n) is 3.56. The minimum atomic E-state index is 0.0566. The van der Waals surface area contributed by atoms with Crippen LogP contribution in [-0.2, 0) is 11.3 Å². The largest absolute Gasteiger partial charge is 0.354 e. The summed E-state index contributed by atoms with van der Waals surface area (Å²) in [6.07, 6.45) is 3.59. The van der Waals surface area contributed by atoms with Crippen molar-refractivity contribution in [3.8, 4) is 0 Å². The number of thiazole rings is 1. The number of aryl methyl sites for hydroxylation is 1. The van der Waals surface area contributed by atoms with Gasteiger partial charge in [-0.05, 0) is 44.8 Å². The van der Waals surface area contributed by atoms with E-state index in [1.54, 1.807) is 4.57 Å². The standard InChI is InChI=1S/C20H27N3O2S/c1-16-15-26-20(25)23(16)13-7-10-19(24)21-14-18(22-11-5-6-12-22)17-8-3-2-4-9-17/h2-4,8-9,15,18H,5-7,10-14H2,1H3,(H,21,24)/t18-/m1/s1. The average molecular weight is 374 g/mol. The van der Waals surface area contributed by atoms with Crippen molar-refractivity contribution in [2.75, 3.05) is 19.6 Å². The SMILES string of the molecule is Cc1csc(=O)n1CCCC(=O)NC[C@H](c1ccccc1)N1CCCC1. The van der Waals surface area contributed by atoms with Gasteiger partial charge in [0.1, 0.15) is 0 Å². The zero-order chi connectivity index (χ0) is 18.4. The van der Waals surface area contributed by atoms with Crippen LogP contribution in [0.1, 0.15) is 43.0 Å². The van der Waals surface area contributed by atoms with Gasteiger partial charge in [0.15, 0.2) is 0 Å². The third-order valence-corrected chi connectivity index (χ3v) is 5.90. The Hall–Kier alpha value is -1.92. The van der Waals surface area contributed by atoms with Gasteiger partial charge in [0.05, 0.1) is 6.04 Å². The smallest absolute Gasteiger partial charge is 0.307 e. The van der Waals surface area contributed by atoms with Crippen LogP contribution >= 0.6 is 11.3 Å². The third kappa shape index (κ3) is 4.83. The number of carbonyl (C=O) groups excluding carboxylic acids is 1. The Morgan fingerprint density at radius 3 is 2.62 bits per heavy atom. The first-order valence-electron chi connectivity index (χ1n) is 9.36. The molecule has 1 saturated heterocycles. The van der Waals surface area contributed by atoms with Crippen LogP contribution in [0.3, 0.4) is 0 Å². The van der Waals surface area contributed by atoms with Gasteiger partial charge in [-0.15, -0.1) is 0 Å². The molecule has 1 aromatic carbocycles. The number of hydrogen-bond acceptors (Lipinski definition) is 4. The second-order valence-corrected chi connectivity index (χ2v) is 7.69. The highest BCUT2D eigenvalue weighted by molar-refractivity contribution is 7.07. The molecule has 0 bridgehead atoms. The van der Waals surface area contributed by atoms with Crippen molar-refractivity contribution >= 4 is 17.2 Å². The molecule has 5 nitrogen and oxygen atoms in total. The Bertz CT molecular complexity index is 763. The van der Waals surface area contributed by atoms with Gasteiger partial charge in [0, 0.05) is 30.6 Å². The van der Waals surface area contributed by atoms with Crippen LogP contribution in [-0.4, -0.2) is 35.0 Å². The molecule has 2 aromatic rings. The van der Waals surface area contributed by atoms with E-state index < -0.39 is 0 Å². The van der Waals surface area contributed by atoms with Crippen LogP contribution in [0.5, 0.6) is 0 Å². The van der Waals surface area contributed by atoms with E-state index in [4.69, 9.17) is 0 Å². The van der Waals surface area contributed by atoms with E-state index in [1.807, 2.05) is 18.4 Å². The van der Waals surface area contributed by atoms with Gasteiger partial charge in [-0.3, -0.25) is 14.5 Å². The van der Waals surface area contributed by atoms with E-state index >= 15 is 0 Å². The van der Waals surface area contributed by atoms with Gasteiger partial charge in [0.25, 0.3) is 0 Å². The third-order valence-electron chi connectivity index (χ3n) is 5.02. The number of amides is 1. The lowest BCUT2D eigenvalue weighted by atomic mass is 10.1. The van der Waals surface area contributed by atoms with E-state index in [2.05, 4.69) is 34.5 Å². The van der Waals surface area contributed by atoms with Crippen LogP contribution in [0.2, 0.25) is 0 Å². The van der Waals surface area contributed by atoms with E-state index in [1.165, 1.54) is 29.7 Å². The van der Waals surface area contributed by atoms with Gasteiger partial charge >= 0.3 is 4.87 Å². The summed E-state index contributed by atoms with van der Waals surface area (Å²) in [5, 5.41) is 4.97. The molecule has 1 aromatic heterocycles. The molecule has 0 spiro atoms. The topological polar surface area (TPSA) is 54.3 Å². The molecule has 0 radical (unpaired) electrons. The van der Waals surface area contributed by atoms with Gasteiger partial charge in [-0.25, -0.2) is 0 Å². The Labute approximate surface area is 158 Å². The first kappa shape index (κ1) is 18.9. The monoisotopic (exact) mass is 373 g/mol. The summed E-state index contributed by atoms with van der Waals surface area (Å²) in [7, 11) is 0. The maximum absolute atomic E-state index is 12.3. The van der Waals surface area contributed by atoms with Crippen molar-refractivity contribution in [1.29, 1.82) is 0 Å². The molecule has 26 heavy (non-hydrogen) atoms.